The second-order valence-electron chi connectivity index (χ2n) is 10.1. The van der Waals surface area contributed by atoms with Crippen LogP contribution in [0.3, 0.4) is 0 Å². The number of hydrogen-bond acceptors (Lipinski definition) is 2. The number of allylic oxidation sites excluding steroid dienone is 2. The van der Waals surface area contributed by atoms with Gasteiger partial charge in [-0.15, -0.1) is 0 Å². The molecule has 0 unspecified atom stereocenters. The molecule has 0 aliphatic carbocycles. The summed E-state index contributed by atoms with van der Waals surface area (Å²) in [5.74, 6) is -0.140. The van der Waals surface area contributed by atoms with Gasteiger partial charge in [-0.25, -0.2) is 0 Å². The standard InChI is InChI=1S/C14H25O2Si.3C4H9.Sn/c1-8-9-10-14(15)16-17(11(2)3,12(4)5)13(6)7;3*1-3-4-2;/h1,8-13H,2-7H3;3*1,3-4H2,2H3;/b8-1?,10-9+;;;;. The third kappa shape index (κ3) is 9.62. The average molecular weight is 543 g/mol. The molecule has 0 N–H and O–H groups in total. The Balaban J connectivity index is 5.40. The minimum absolute atomic E-state index is 0.140. The predicted molar refractivity (Wildman–Crippen MR) is 140 cm³/mol. The molecule has 0 aliphatic rings. The van der Waals surface area contributed by atoms with Gasteiger partial charge in [0.25, 0.3) is 0 Å². The maximum atomic E-state index is 12.7. The Morgan fingerprint density at radius 3 is 1.50 bits per heavy atom. The Morgan fingerprint density at radius 2 is 1.17 bits per heavy atom. The van der Waals surface area contributed by atoms with E-state index >= 15 is 0 Å². The molecule has 0 bridgehead atoms. The average Bonchev–Trinajstić information content (AvgIpc) is 2.69. The van der Waals surface area contributed by atoms with Crippen LogP contribution in [0.25, 0.3) is 0 Å². The van der Waals surface area contributed by atoms with Gasteiger partial charge in [-0.2, -0.15) is 0 Å². The van der Waals surface area contributed by atoms with Gasteiger partial charge in [0, 0.05) is 0 Å². The van der Waals surface area contributed by atoms with Gasteiger partial charge in [0.15, 0.2) is 0 Å². The molecule has 0 aliphatic heterocycles. The van der Waals surface area contributed by atoms with Crippen LogP contribution in [0.2, 0.25) is 29.9 Å². The summed E-state index contributed by atoms with van der Waals surface area (Å²) in [6, 6.07) is 0. The summed E-state index contributed by atoms with van der Waals surface area (Å²) in [5.41, 5.74) is 1.27. The molecule has 0 spiro atoms. The van der Waals surface area contributed by atoms with E-state index < -0.39 is 26.7 Å². The monoisotopic (exact) mass is 544 g/mol. The van der Waals surface area contributed by atoms with E-state index in [0.717, 1.165) is 0 Å². The fraction of sp³-hybridized carbons (Fsp3) is 0.808. The summed E-state index contributed by atoms with van der Waals surface area (Å²) in [5, 5.41) is 0. The zero-order chi connectivity index (χ0) is 23.2. The Hall–Kier alpha value is -0.0344. The topological polar surface area (TPSA) is 26.3 Å². The molecule has 0 atom stereocenters. The van der Waals surface area contributed by atoms with E-state index in [4.69, 9.17) is 4.43 Å². The van der Waals surface area contributed by atoms with E-state index in [2.05, 4.69) is 72.5 Å². The van der Waals surface area contributed by atoms with E-state index in [1.54, 1.807) is 6.08 Å². The molecule has 0 saturated heterocycles. The summed E-state index contributed by atoms with van der Waals surface area (Å²) >= 11 is -2.27. The second-order valence-corrected chi connectivity index (χ2v) is 28.5. The number of unbranched alkanes of at least 4 members (excludes halogenated alkanes) is 3. The van der Waals surface area contributed by atoms with Crippen LogP contribution in [-0.4, -0.2) is 32.7 Å². The van der Waals surface area contributed by atoms with Crippen molar-refractivity contribution in [3.8, 4) is 0 Å². The van der Waals surface area contributed by atoms with E-state index in [-0.39, 0.29) is 5.97 Å². The molecule has 0 aromatic carbocycles. The van der Waals surface area contributed by atoms with Gasteiger partial charge in [0.1, 0.15) is 0 Å². The zero-order valence-corrected chi connectivity index (χ0v) is 25.6. The molecular weight excluding hydrogens is 491 g/mol. The number of hydrogen-bond donors (Lipinski definition) is 0. The molecule has 0 aromatic rings. The first-order valence-electron chi connectivity index (χ1n) is 12.7. The molecule has 0 saturated carbocycles. The van der Waals surface area contributed by atoms with Crippen LogP contribution in [0.1, 0.15) is 101 Å². The van der Waals surface area contributed by atoms with Gasteiger partial charge in [-0.3, -0.25) is 0 Å². The summed E-state index contributed by atoms with van der Waals surface area (Å²) in [4.78, 5) is 12.7. The van der Waals surface area contributed by atoms with E-state index in [9.17, 15) is 4.79 Å². The normalized spacial score (nSPS) is 13.5. The Bertz CT molecular complexity index is 480. The quantitative estimate of drug-likeness (QED) is 0.110. The van der Waals surface area contributed by atoms with Crippen LogP contribution < -0.4 is 0 Å². The fourth-order valence-electron chi connectivity index (χ4n) is 5.17. The van der Waals surface area contributed by atoms with Crippen molar-refractivity contribution >= 4 is 32.7 Å². The van der Waals surface area contributed by atoms with Crippen LogP contribution in [0.4, 0.5) is 0 Å². The van der Waals surface area contributed by atoms with Gasteiger partial charge in [-0.1, -0.05) is 0 Å². The van der Waals surface area contributed by atoms with Crippen molar-refractivity contribution in [3.05, 3.63) is 22.3 Å². The molecule has 30 heavy (non-hydrogen) atoms. The third-order valence-electron chi connectivity index (χ3n) is 6.86. The Labute approximate surface area is 194 Å². The van der Waals surface area contributed by atoms with Crippen LogP contribution in [0.5, 0.6) is 0 Å². The molecule has 0 aromatic heterocycles. The summed E-state index contributed by atoms with van der Waals surface area (Å²) in [7, 11) is -2.15. The van der Waals surface area contributed by atoms with Crippen LogP contribution in [-0.2, 0) is 9.22 Å². The molecule has 0 heterocycles. The van der Waals surface area contributed by atoms with Crippen molar-refractivity contribution in [2.75, 3.05) is 0 Å². The van der Waals surface area contributed by atoms with Gasteiger partial charge >= 0.3 is 195 Å². The van der Waals surface area contributed by atoms with E-state index in [1.807, 2.05) is 6.08 Å². The van der Waals surface area contributed by atoms with Crippen molar-refractivity contribution < 1.29 is 9.22 Å². The first-order chi connectivity index (χ1) is 14.1. The van der Waals surface area contributed by atoms with Crippen molar-refractivity contribution in [2.45, 2.75) is 131 Å². The maximum absolute atomic E-state index is 12.7. The molecule has 0 amide bonds. The van der Waals surface area contributed by atoms with Crippen molar-refractivity contribution in [1.82, 2.24) is 0 Å². The fourth-order valence-corrected chi connectivity index (χ4v) is 24.4. The van der Waals surface area contributed by atoms with Gasteiger partial charge in [0.05, 0.1) is 0 Å². The number of rotatable bonds is 16. The predicted octanol–water partition coefficient (Wildman–Crippen LogP) is 9.21. The van der Waals surface area contributed by atoms with Gasteiger partial charge < -0.3 is 0 Å². The van der Waals surface area contributed by atoms with Gasteiger partial charge in [0.2, 0.25) is 0 Å². The third-order valence-corrected chi connectivity index (χ3v) is 27.0. The SMILES string of the molecule is CCC[CH2][Sn](/[CH]=C/C=C/C(=O)O[Si](C(C)C)(C(C)C)C(C)C)([CH2]CCC)[CH2]CCC. The van der Waals surface area contributed by atoms with E-state index in [1.165, 1.54) is 51.8 Å². The second kappa shape index (κ2) is 15.7. The molecule has 2 nitrogen and oxygen atoms in total. The number of carbonyl (C=O) groups excluding carboxylic acids is 1. The summed E-state index contributed by atoms with van der Waals surface area (Å²) in [6.45, 7) is 20.3. The first-order valence-corrected chi connectivity index (χ1v) is 22.5. The van der Waals surface area contributed by atoms with E-state index in [0.29, 0.717) is 16.6 Å². The zero-order valence-electron chi connectivity index (χ0n) is 21.7. The molecular formula is C26H52O2SiSn. The van der Waals surface area contributed by atoms with Crippen molar-refractivity contribution in [3.63, 3.8) is 0 Å². The van der Waals surface area contributed by atoms with Crippen LogP contribution in [0, 0.1) is 0 Å². The van der Waals surface area contributed by atoms with Crippen LogP contribution >= 0.6 is 0 Å². The van der Waals surface area contributed by atoms with Crippen LogP contribution in [0.15, 0.2) is 22.3 Å². The first kappa shape index (κ1) is 30.0. The summed E-state index contributed by atoms with van der Waals surface area (Å²) < 4.78 is 13.2. The molecule has 176 valence electrons. The Kier molecular flexibility index (Phi) is 15.7. The summed E-state index contributed by atoms with van der Waals surface area (Å²) in [6.07, 6.45) is 13.8. The number of carbonyl (C=O) groups is 1. The minimum atomic E-state index is -2.27. The Morgan fingerprint density at radius 1 is 0.767 bits per heavy atom. The molecule has 0 fully saturated rings. The molecule has 4 heteroatoms. The van der Waals surface area contributed by atoms with Crippen molar-refractivity contribution in [1.29, 1.82) is 0 Å². The van der Waals surface area contributed by atoms with Gasteiger partial charge in [-0.05, 0) is 0 Å². The van der Waals surface area contributed by atoms with Crippen molar-refractivity contribution in [2.24, 2.45) is 0 Å². The molecule has 0 rings (SSSR count). The molecule has 0 radical (unpaired) electrons.